The Morgan fingerprint density at radius 3 is 2.44 bits per heavy atom. The van der Waals surface area contributed by atoms with Crippen molar-refractivity contribution in [1.29, 1.82) is 0 Å². The number of fused-ring (bicyclic) bond motifs is 3. The highest BCUT2D eigenvalue weighted by atomic mass is 32.1. The monoisotopic (exact) mass is 357 g/mol. The molecule has 4 rings (SSSR count). The van der Waals surface area contributed by atoms with Crippen LogP contribution in [0.5, 0.6) is 17.2 Å². The minimum atomic E-state index is 0.569. The van der Waals surface area contributed by atoms with Crippen LogP contribution in [-0.2, 0) is 12.8 Å². The average molecular weight is 357 g/mol. The van der Waals surface area contributed by atoms with Crippen LogP contribution in [0.4, 0.5) is 11.5 Å². The van der Waals surface area contributed by atoms with Crippen LogP contribution < -0.4 is 19.5 Å². The zero-order chi connectivity index (χ0) is 17.4. The summed E-state index contributed by atoms with van der Waals surface area (Å²) in [6.45, 7) is 0. The van der Waals surface area contributed by atoms with Crippen molar-refractivity contribution in [2.75, 3.05) is 26.6 Å². The van der Waals surface area contributed by atoms with Gasteiger partial charge in [-0.1, -0.05) is 0 Å². The maximum absolute atomic E-state index is 5.43. The molecule has 0 bridgehead atoms. The van der Waals surface area contributed by atoms with E-state index in [0.29, 0.717) is 17.2 Å². The van der Waals surface area contributed by atoms with Crippen LogP contribution in [0.1, 0.15) is 16.9 Å². The van der Waals surface area contributed by atoms with E-state index in [1.54, 1.807) is 39.0 Å². The van der Waals surface area contributed by atoms with Gasteiger partial charge in [0.2, 0.25) is 5.75 Å². The Bertz CT molecular complexity index is 914. The highest BCUT2D eigenvalue weighted by Crippen LogP contribution is 2.43. The van der Waals surface area contributed by atoms with Crippen LogP contribution in [0, 0.1) is 0 Å². The van der Waals surface area contributed by atoms with Gasteiger partial charge >= 0.3 is 0 Å². The molecule has 6 nitrogen and oxygen atoms in total. The largest absolute Gasteiger partial charge is 0.493 e. The SMILES string of the molecule is COc1cc(Nc2ncnc3sc4c(c23)CCC4)cc(OC)c1OC. The summed E-state index contributed by atoms with van der Waals surface area (Å²) in [6, 6.07) is 3.75. The molecule has 0 aliphatic heterocycles. The zero-order valence-corrected chi connectivity index (χ0v) is 15.2. The predicted molar refractivity (Wildman–Crippen MR) is 98.8 cm³/mol. The lowest BCUT2D eigenvalue weighted by atomic mass is 10.2. The number of thiophene rings is 1. The molecule has 0 unspecified atom stereocenters. The van der Waals surface area contributed by atoms with E-state index >= 15 is 0 Å². The van der Waals surface area contributed by atoms with E-state index in [0.717, 1.165) is 34.6 Å². The smallest absolute Gasteiger partial charge is 0.203 e. The molecule has 1 N–H and O–H groups in total. The lowest BCUT2D eigenvalue weighted by Crippen LogP contribution is -1.99. The molecule has 0 spiro atoms. The van der Waals surface area contributed by atoms with Crippen LogP contribution >= 0.6 is 11.3 Å². The van der Waals surface area contributed by atoms with Gasteiger partial charge in [-0.25, -0.2) is 9.97 Å². The van der Waals surface area contributed by atoms with Crippen molar-refractivity contribution in [3.63, 3.8) is 0 Å². The first kappa shape index (κ1) is 16.0. The van der Waals surface area contributed by atoms with Crippen molar-refractivity contribution in [3.8, 4) is 17.2 Å². The van der Waals surface area contributed by atoms with Crippen molar-refractivity contribution in [2.24, 2.45) is 0 Å². The van der Waals surface area contributed by atoms with Crippen molar-refractivity contribution in [2.45, 2.75) is 19.3 Å². The van der Waals surface area contributed by atoms with Gasteiger partial charge in [0, 0.05) is 22.7 Å². The fourth-order valence-corrected chi connectivity index (χ4v) is 4.54. The summed E-state index contributed by atoms with van der Waals surface area (Å²) >= 11 is 1.77. The third-order valence-corrected chi connectivity index (χ3v) is 5.63. The molecular formula is C18H19N3O3S. The molecule has 0 saturated carbocycles. The Morgan fingerprint density at radius 2 is 1.76 bits per heavy atom. The van der Waals surface area contributed by atoms with Crippen molar-refractivity contribution >= 4 is 33.1 Å². The molecule has 1 aliphatic carbocycles. The number of nitrogens with one attached hydrogen (secondary N) is 1. The number of methoxy groups -OCH3 is 3. The Balaban J connectivity index is 1.79. The molecule has 0 fully saturated rings. The molecule has 130 valence electrons. The number of aryl methyl sites for hydroxylation is 2. The van der Waals surface area contributed by atoms with E-state index in [9.17, 15) is 0 Å². The van der Waals surface area contributed by atoms with Gasteiger partial charge < -0.3 is 19.5 Å². The summed E-state index contributed by atoms with van der Waals surface area (Å²) in [5, 5.41) is 4.54. The van der Waals surface area contributed by atoms with Gasteiger partial charge in [-0.15, -0.1) is 11.3 Å². The van der Waals surface area contributed by atoms with E-state index in [4.69, 9.17) is 14.2 Å². The van der Waals surface area contributed by atoms with Crippen molar-refractivity contribution in [3.05, 3.63) is 28.9 Å². The summed E-state index contributed by atoms with van der Waals surface area (Å²) in [7, 11) is 4.81. The molecule has 0 atom stereocenters. The average Bonchev–Trinajstić information content (AvgIpc) is 3.22. The second kappa shape index (κ2) is 6.40. The number of ether oxygens (including phenoxy) is 3. The molecule has 0 saturated heterocycles. The number of benzene rings is 1. The third kappa shape index (κ3) is 2.64. The molecule has 25 heavy (non-hydrogen) atoms. The standard InChI is InChI=1S/C18H19N3O3S/c1-22-12-7-10(8-13(23-2)16(12)24-3)21-17-15-11-5-4-6-14(11)25-18(15)20-9-19-17/h7-9H,4-6H2,1-3H3,(H,19,20,21). The van der Waals surface area contributed by atoms with Gasteiger partial charge in [-0.2, -0.15) is 0 Å². The highest BCUT2D eigenvalue weighted by Gasteiger charge is 2.22. The van der Waals surface area contributed by atoms with Crippen LogP contribution in [0.2, 0.25) is 0 Å². The molecule has 0 radical (unpaired) electrons. The Morgan fingerprint density at radius 1 is 1.00 bits per heavy atom. The van der Waals surface area contributed by atoms with E-state index in [1.165, 1.54) is 16.9 Å². The van der Waals surface area contributed by atoms with Gasteiger partial charge in [-0.05, 0) is 24.8 Å². The van der Waals surface area contributed by atoms with Crippen LogP contribution in [0.15, 0.2) is 18.5 Å². The molecule has 2 heterocycles. The fourth-order valence-electron chi connectivity index (χ4n) is 3.31. The molecular weight excluding hydrogens is 338 g/mol. The van der Waals surface area contributed by atoms with Crippen molar-refractivity contribution in [1.82, 2.24) is 9.97 Å². The second-order valence-corrected chi connectivity index (χ2v) is 6.88. The number of nitrogens with zero attached hydrogens (tertiary/aromatic N) is 2. The number of hydrogen-bond donors (Lipinski definition) is 1. The summed E-state index contributed by atoms with van der Waals surface area (Å²) in [4.78, 5) is 11.4. The van der Waals surface area contributed by atoms with Crippen LogP contribution in [0.25, 0.3) is 10.2 Å². The van der Waals surface area contributed by atoms with E-state index < -0.39 is 0 Å². The molecule has 0 amide bonds. The number of hydrogen-bond acceptors (Lipinski definition) is 7. The molecule has 7 heteroatoms. The van der Waals surface area contributed by atoms with Gasteiger partial charge in [0.25, 0.3) is 0 Å². The lowest BCUT2D eigenvalue weighted by Gasteiger charge is -2.15. The topological polar surface area (TPSA) is 65.5 Å². The lowest BCUT2D eigenvalue weighted by molar-refractivity contribution is 0.324. The predicted octanol–water partition coefficient (Wildman–Crippen LogP) is 3.95. The highest BCUT2D eigenvalue weighted by molar-refractivity contribution is 7.19. The van der Waals surface area contributed by atoms with Crippen LogP contribution in [0.3, 0.4) is 0 Å². The fraction of sp³-hybridized carbons (Fsp3) is 0.333. The molecule has 1 aliphatic rings. The Hall–Kier alpha value is -2.54. The summed E-state index contributed by atoms with van der Waals surface area (Å²) < 4.78 is 16.2. The first-order valence-corrected chi connectivity index (χ1v) is 8.89. The van der Waals surface area contributed by atoms with Crippen LogP contribution in [-0.4, -0.2) is 31.3 Å². The quantitative estimate of drug-likeness (QED) is 0.746. The first-order valence-electron chi connectivity index (χ1n) is 8.07. The van der Waals surface area contributed by atoms with E-state index in [1.807, 2.05) is 12.1 Å². The maximum atomic E-state index is 5.43. The minimum Gasteiger partial charge on any atom is -0.493 e. The molecule has 3 aromatic rings. The number of aromatic nitrogens is 2. The third-order valence-electron chi connectivity index (χ3n) is 4.43. The summed E-state index contributed by atoms with van der Waals surface area (Å²) in [5.41, 5.74) is 2.21. The summed E-state index contributed by atoms with van der Waals surface area (Å²) in [6.07, 6.45) is 5.04. The van der Waals surface area contributed by atoms with Gasteiger partial charge in [-0.3, -0.25) is 0 Å². The van der Waals surface area contributed by atoms with E-state index in [-0.39, 0.29) is 0 Å². The normalized spacial score (nSPS) is 12.9. The molecule has 2 aromatic heterocycles. The van der Waals surface area contributed by atoms with Gasteiger partial charge in [0.05, 0.1) is 26.7 Å². The summed E-state index contributed by atoms with van der Waals surface area (Å²) in [5.74, 6) is 2.59. The zero-order valence-electron chi connectivity index (χ0n) is 14.4. The van der Waals surface area contributed by atoms with Crippen molar-refractivity contribution < 1.29 is 14.2 Å². The Kier molecular flexibility index (Phi) is 4.09. The minimum absolute atomic E-state index is 0.569. The number of anilines is 2. The maximum Gasteiger partial charge on any atom is 0.203 e. The first-order chi connectivity index (χ1) is 12.2. The van der Waals surface area contributed by atoms with Gasteiger partial charge in [0.15, 0.2) is 11.5 Å². The number of rotatable bonds is 5. The molecule has 1 aromatic carbocycles. The van der Waals surface area contributed by atoms with Gasteiger partial charge in [0.1, 0.15) is 17.0 Å². The second-order valence-electron chi connectivity index (χ2n) is 5.80. The van der Waals surface area contributed by atoms with E-state index in [2.05, 4.69) is 15.3 Å². The Labute approximate surface area is 149 Å².